The summed E-state index contributed by atoms with van der Waals surface area (Å²) in [7, 11) is 2.17. The van der Waals surface area contributed by atoms with E-state index in [2.05, 4.69) is 46.9 Å². The molecule has 1 N–H and O–H groups in total. The van der Waals surface area contributed by atoms with E-state index in [1.54, 1.807) is 0 Å². The Hall–Kier alpha value is -1.03. The molecule has 1 aromatic heterocycles. The molecule has 15 heavy (non-hydrogen) atoms. The summed E-state index contributed by atoms with van der Waals surface area (Å²) in [6.45, 7) is 6.59. The van der Waals surface area contributed by atoms with Gasteiger partial charge in [-0.05, 0) is 33.9 Å². The van der Waals surface area contributed by atoms with Crippen LogP contribution in [0.15, 0.2) is 12.4 Å². The van der Waals surface area contributed by atoms with Gasteiger partial charge < -0.3 is 14.8 Å². The lowest BCUT2D eigenvalue weighted by Gasteiger charge is -2.17. The molecule has 4 nitrogen and oxygen atoms in total. The van der Waals surface area contributed by atoms with Crippen LogP contribution in [0.3, 0.4) is 0 Å². The fourth-order valence-corrected chi connectivity index (χ4v) is 2.12. The van der Waals surface area contributed by atoms with E-state index in [9.17, 15) is 0 Å². The van der Waals surface area contributed by atoms with Gasteiger partial charge in [0.25, 0.3) is 0 Å². The van der Waals surface area contributed by atoms with Crippen molar-refractivity contribution in [1.82, 2.24) is 14.5 Å². The van der Waals surface area contributed by atoms with E-state index in [-0.39, 0.29) is 0 Å². The van der Waals surface area contributed by atoms with Crippen LogP contribution in [0.4, 0.5) is 5.95 Å². The minimum Gasteiger partial charge on any atom is -0.353 e. The van der Waals surface area contributed by atoms with Crippen molar-refractivity contribution in [1.29, 1.82) is 0 Å². The van der Waals surface area contributed by atoms with E-state index in [1.165, 1.54) is 13.0 Å². The lowest BCUT2D eigenvalue weighted by molar-refractivity contribution is 0.393. The maximum absolute atomic E-state index is 4.36. The smallest absolute Gasteiger partial charge is 0.203 e. The fraction of sp³-hybridized carbons (Fsp3) is 0.727. The van der Waals surface area contributed by atoms with E-state index in [1.807, 2.05) is 6.20 Å². The van der Waals surface area contributed by atoms with Gasteiger partial charge in [0.2, 0.25) is 5.95 Å². The first kappa shape index (κ1) is 10.5. The molecule has 1 unspecified atom stereocenters. The number of rotatable bonds is 3. The number of hydrogen-bond donors (Lipinski definition) is 1. The molecule has 1 saturated heterocycles. The summed E-state index contributed by atoms with van der Waals surface area (Å²) in [5.41, 5.74) is 0. The van der Waals surface area contributed by atoms with Crippen molar-refractivity contribution in [3.05, 3.63) is 12.4 Å². The molecule has 0 saturated carbocycles. The largest absolute Gasteiger partial charge is 0.353 e. The highest BCUT2D eigenvalue weighted by Gasteiger charge is 2.22. The van der Waals surface area contributed by atoms with Crippen LogP contribution in [0.1, 0.15) is 26.3 Å². The Bertz CT molecular complexity index is 318. The van der Waals surface area contributed by atoms with Crippen LogP contribution >= 0.6 is 0 Å². The third kappa shape index (κ3) is 2.31. The van der Waals surface area contributed by atoms with Crippen molar-refractivity contribution in [3.63, 3.8) is 0 Å². The minimum absolute atomic E-state index is 0.435. The molecule has 84 valence electrons. The predicted octanol–water partition coefficient (Wildman–Crippen LogP) is 1.58. The molecule has 2 heterocycles. The van der Waals surface area contributed by atoms with Crippen molar-refractivity contribution >= 4 is 5.95 Å². The molecule has 0 spiro atoms. The predicted molar refractivity (Wildman–Crippen MR) is 62.1 cm³/mol. The average molecular weight is 208 g/mol. The maximum Gasteiger partial charge on any atom is 0.203 e. The second kappa shape index (κ2) is 4.23. The molecule has 0 aromatic carbocycles. The van der Waals surface area contributed by atoms with Crippen LogP contribution in [0.5, 0.6) is 0 Å². The molecule has 2 rings (SSSR count). The van der Waals surface area contributed by atoms with Gasteiger partial charge in [0, 0.05) is 25.0 Å². The molecule has 0 aliphatic carbocycles. The summed E-state index contributed by atoms with van der Waals surface area (Å²) < 4.78 is 2.27. The van der Waals surface area contributed by atoms with Gasteiger partial charge in [0.1, 0.15) is 0 Å². The zero-order chi connectivity index (χ0) is 10.8. The summed E-state index contributed by atoms with van der Waals surface area (Å²) in [5.74, 6) is 1.00. The van der Waals surface area contributed by atoms with Gasteiger partial charge in [-0.15, -0.1) is 0 Å². The highest BCUT2D eigenvalue weighted by atomic mass is 15.3. The Labute approximate surface area is 91.3 Å². The second-order valence-corrected chi connectivity index (χ2v) is 4.66. The number of anilines is 1. The van der Waals surface area contributed by atoms with Crippen LogP contribution < -0.4 is 5.32 Å². The minimum atomic E-state index is 0.435. The molecule has 1 aliphatic rings. The van der Waals surface area contributed by atoms with Crippen LogP contribution in [-0.2, 0) is 0 Å². The first-order valence-electron chi connectivity index (χ1n) is 5.64. The third-order valence-electron chi connectivity index (χ3n) is 2.85. The van der Waals surface area contributed by atoms with Crippen LogP contribution in [-0.4, -0.2) is 40.6 Å². The normalized spacial score (nSPS) is 22.5. The van der Waals surface area contributed by atoms with E-state index in [4.69, 9.17) is 0 Å². The number of hydrogen-bond acceptors (Lipinski definition) is 3. The van der Waals surface area contributed by atoms with Crippen LogP contribution in [0.25, 0.3) is 0 Å². The van der Waals surface area contributed by atoms with Gasteiger partial charge in [0.05, 0.1) is 6.04 Å². The molecule has 1 aromatic rings. The summed E-state index contributed by atoms with van der Waals surface area (Å²) in [6, 6.07) is 1.02. The number of imidazole rings is 1. The quantitative estimate of drug-likeness (QED) is 0.818. The lowest BCUT2D eigenvalue weighted by atomic mass is 10.2. The number of likely N-dealkylation sites (N-methyl/N-ethyl adjacent to an activating group) is 1. The molecule has 4 heteroatoms. The average Bonchev–Trinajstić information content (AvgIpc) is 2.72. The summed E-state index contributed by atoms with van der Waals surface area (Å²) in [4.78, 5) is 6.72. The first-order valence-corrected chi connectivity index (χ1v) is 5.64. The zero-order valence-electron chi connectivity index (χ0n) is 9.77. The molecule has 0 bridgehead atoms. The number of likely N-dealkylation sites (tertiary alicyclic amines) is 1. The van der Waals surface area contributed by atoms with E-state index < -0.39 is 0 Å². The van der Waals surface area contributed by atoms with Gasteiger partial charge in [-0.1, -0.05) is 0 Å². The molecule has 1 fully saturated rings. The Kier molecular flexibility index (Phi) is 2.95. The van der Waals surface area contributed by atoms with Crippen LogP contribution in [0, 0.1) is 0 Å². The Morgan fingerprint density at radius 2 is 2.33 bits per heavy atom. The Morgan fingerprint density at radius 1 is 1.53 bits per heavy atom. The van der Waals surface area contributed by atoms with Gasteiger partial charge in [-0.25, -0.2) is 4.98 Å². The molecular weight excluding hydrogens is 188 g/mol. The fourth-order valence-electron chi connectivity index (χ4n) is 2.12. The highest BCUT2D eigenvalue weighted by molar-refractivity contribution is 5.28. The van der Waals surface area contributed by atoms with Crippen molar-refractivity contribution in [3.8, 4) is 0 Å². The second-order valence-electron chi connectivity index (χ2n) is 4.66. The molecule has 0 radical (unpaired) electrons. The number of nitrogens with one attached hydrogen (secondary N) is 1. The summed E-state index contributed by atoms with van der Waals surface area (Å²) in [6.07, 6.45) is 5.18. The first-order chi connectivity index (χ1) is 7.16. The standard InChI is InChI=1S/C11H20N4/c1-9(2)13-11-12-5-7-15(11)10-4-6-14(3)8-10/h5,7,9-10H,4,6,8H2,1-3H3,(H,12,13). The maximum atomic E-state index is 4.36. The monoisotopic (exact) mass is 208 g/mol. The van der Waals surface area contributed by atoms with Crippen molar-refractivity contribution in [2.75, 3.05) is 25.5 Å². The SMILES string of the molecule is CC(C)Nc1nccn1C1CCN(C)C1. The Morgan fingerprint density at radius 3 is 2.93 bits per heavy atom. The van der Waals surface area contributed by atoms with Crippen molar-refractivity contribution < 1.29 is 0 Å². The number of aromatic nitrogens is 2. The third-order valence-corrected chi connectivity index (χ3v) is 2.85. The lowest BCUT2D eigenvalue weighted by Crippen LogP contribution is -2.20. The van der Waals surface area contributed by atoms with E-state index >= 15 is 0 Å². The van der Waals surface area contributed by atoms with Gasteiger partial charge in [-0.3, -0.25) is 0 Å². The topological polar surface area (TPSA) is 33.1 Å². The zero-order valence-corrected chi connectivity index (χ0v) is 9.77. The van der Waals surface area contributed by atoms with E-state index in [0.717, 1.165) is 12.5 Å². The van der Waals surface area contributed by atoms with Gasteiger partial charge >= 0.3 is 0 Å². The molecule has 0 amide bonds. The van der Waals surface area contributed by atoms with Crippen molar-refractivity contribution in [2.45, 2.75) is 32.4 Å². The summed E-state index contributed by atoms with van der Waals surface area (Å²) in [5, 5.41) is 3.38. The van der Waals surface area contributed by atoms with Crippen molar-refractivity contribution in [2.24, 2.45) is 0 Å². The highest BCUT2D eigenvalue weighted by Crippen LogP contribution is 2.23. The molecule has 1 atom stereocenters. The summed E-state index contributed by atoms with van der Waals surface area (Å²) >= 11 is 0. The van der Waals surface area contributed by atoms with E-state index in [0.29, 0.717) is 12.1 Å². The molecular formula is C11H20N4. The Balaban J connectivity index is 2.10. The van der Waals surface area contributed by atoms with Crippen LogP contribution in [0.2, 0.25) is 0 Å². The van der Waals surface area contributed by atoms with Gasteiger partial charge in [0.15, 0.2) is 0 Å². The molecule has 1 aliphatic heterocycles. The number of nitrogens with zero attached hydrogens (tertiary/aromatic N) is 3. The van der Waals surface area contributed by atoms with Gasteiger partial charge in [-0.2, -0.15) is 0 Å².